The van der Waals surface area contributed by atoms with E-state index in [1.54, 1.807) is 50.4 Å². The lowest BCUT2D eigenvalue weighted by Gasteiger charge is -2.33. The summed E-state index contributed by atoms with van der Waals surface area (Å²) >= 11 is 6.06. The zero-order valence-electron chi connectivity index (χ0n) is 21.7. The van der Waals surface area contributed by atoms with Gasteiger partial charge in [-0.1, -0.05) is 44.5 Å². The number of benzene rings is 2. The van der Waals surface area contributed by atoms with E-state index in [0.717, 1.165) is 16.1 Å². The van der Waals surface area contributed by atoms with Gasteiger partial charge in [0.05, 0.1) is 19.1 Å². The monoisotopic (exact) mass is 537 g/mol. The molecule has 2 aromatic carbocycles. The van der Waals surface area contributed by atoms with Gasteiger partial charge in [0.15, 0.2) is 0 Å². The van der Waals surface area contributed by atoms with Gasteiger partial charge in [-0.15, -0.1) is 0 Å². The number of carbonyl (C=O) groups excluding carboxylic acids is 2. The van der Waals surface area contributed by atoms with Gasteiger partial charge in [0.1, 0.15) is 18.3 Å². The Hall–Kier alpha value is -2.78. The molecule has 0 spiro atoms. The number of nitrogens with one attached hydrogen (secondary N) is 1. The summed E-state index contributed by atoms with van der Waals surface area (Å²) < 4.78 is 31.9. The minimum Gasteiger partial charge on any atom is -0.497 e. The minimum atomic E-state index is -3.82. The van der Waals surface area contributed by atoms with Gasteiger partial charge in [-0.2, -0.15) is 0 Å². The second-order valence-electron chi connectivity index (χ2n) is 9.14. The topological polar surface area (TPSA) is 96.0 Å². The average Bonchev–Trinajstić information content (AvgIpc) is 2.80. The third-order valence-corrected chi connectivity index (χ3v) is 7.03. The first-order valence-electron chi connectivity index (χ1n) is 11.8. The molecular formula is C26H36ClN3O5S. The number of hydrogen-bond donors (Lipinski definition) is 1. The Kier molecular flexibility index (Phi) is 10.6. The van der Waals surface area contributed by atoms with Crippen LogP contribution < -0.4 is 14.4 Å². The first-order chi connectivity index (χ1) is 16.9. The number of sulfonamides is 1. The molecule has 0 aromatic heterocycles. The van der Waals surface area contributed by atoms with E-state index in [2.05, 4.69) is 5.32 Å². The molecule has 8 nitrogen and oxygen atoms in total. The second-order valence-corrected chi connectivity index (χ2v) is 11.5. The first-order valence-corrected chi connectivity index (χ1v) is 14.0. The van der Waals surface area contributed by atoms with Crippen molar-refractivity contribution < 1.29 is 22.7 Å². The molecule has 0 aliphatic carbocycles. The van der Waals surface area contributed by atoms with E-state index in [4.69, 9.17) is 16.3 Å². The van der Waals surface area contributed by atoms with E-state index in [9.17, 15) is 18.0 Å². The van der Waals surface area contributed by atoms with Crippen molar-refractivity contribution in [1.29, 1.82) is 0 Å². The van der Waals surface area contributed by atoms with Crippen LogP contribution in [-0.4, -0.2) is 57.6 Å². The molecule has 1 N–H and O–H groups in total. The van der Waals surface area contributed by atoms with Gasteiger partial charge in [-0.25, -0.2) is 8.42 Å². The number of amides is 2. The van der Waals surface area contributed by atoms with E-state index in [1.165, 1.54) is 4.90 Å². The van der Waals surface area contributed by atoms with Crippen molar-refractivity contribution in [3.8, 4) is 5.75 Å². The maximum Gasteiger partial charge on any atom is 0.244 e. The Morgan fingerprint density at radius 3 is 2.39 bits per heavy atom. The molecule has 0 aliphatic heterocycles. The van der Waals surface area contributed by atoms with Gasteiger partial charge >= 0.3 is 0 Å². The van der Waals surface area contributed by atoms with Crippen LogP contribution in [0.3, 0.4) is 0 Å². The maximum absolute atomic E-state index is 13.7. The largest absolute Gasteiger partial charge is 0.497 e. The van der Waals surface area contributed by atoms with E-state index in [-0.39, 0.29) is 18.4 Å². The van der Waals surface area contributed by atoms with Crippen molar-refractivity contribution in [1.82, 2.24) is 10.2 Å². The van der Waals surface area contributed by atoms with Crippen LogP contribution in [0.5, 0.6) is 5.75 Å². The molecule has 2 aromatic rings. The van der Waals surface area contributed by atoms with E-state index < -0.39 is 28.5 Å². The fourth-order valence-electron chi connectivity index (χ4n) is 3.80. The molecule has 10 heteroatoms. The summed E-state index contributed by atoms with van der Waals surface area (Å²) in [4.78, 5) is 28.3. The summed E-state index contributed by atoms with van der Waals surface area (Å²) in [5.41, 5.74) is 1.72. The summed E-state index contributed by atoms with van der Waals surface area (Å²) in [6.45, 7) is 7.64. The van der Waals surface area contributed by atoms with Crippen molar-refractivity contribution in [3.63, 3.8) is 0 Å². The number of nitrogens with zero attached hydrogens (tertiary/aromatic N) is 2. The van der Waals surface area contributed by atoms with Crippen molar-refractivity contribution >= 4 is 39.1 Å². The molecule has 0 saturated carbocycles. The number of carbonyl (C=O) groups is 2. The number of hydrogen-bond acceptors (Lipinski definition) is 5. The lowest BCUT2D eigenvalue weighted by molar-refractivity contribution is -0.140. The summed E-state index contributed by atoms with van der Waals surface area (Å²) in [5, 5.41) is 3.36. The fourth-order valence-corrected chi connectivity index (χ4v) is 4.94. The summed E-state index contributed by atoms with van der Waals surface area (Å²) in [7, 11) is -2.27. The van der Waals surface area contributed by atoms with Crippen LogP contribution in [0.15, 0.2) is 42.5 Å². The summed E-state index contributed by atoms with van der Waals surface area (Å²) in [5.74, 6) is 0.0783. The van der Waals surface area contributed by atoms with Crippen molar-refractivity contribution in [2.75, 3.05) is 30.8 Å². The van der Waals surface area contributed by atoms with Gasteiger partial charge in [0.25, 0.3) is 0 Å². The molecule has 1 unspecified atom stereocenters. The SMILES string of the molecule is CCC(C(=O)NCC(C)C)N(Cc1cccc(OC)c1)C(=O)CN(c1ccc(Cl)cc1C)S(C)(=O)=O. The maximum atomic E-state index is 13.7. The van der Waals surface area contributed by atoms with Crippen LogP contribution >= 0.6 is 11.6 Å². The zero-order chi connectivity index (χ0) is 27.0. The summed E-state index contributed by atoms with van der Waals surface area (Å²) in [6.07, 6.45) is 1.41. The van der Waals surface area contributed by atoms with Crippen LogP contribution in [0.25, 0.3) is 0 Å². The highest BCUT2D eigenvalue weighted by Crippen LogP contribution is 2.26. The standard InChI is InChI=1S/C26H36ClN3O5S/c1-7-23(26(32)28-15-18(2)3)29(16-20-9-8-10-22(14-20)35-5)25(31)17-30(36(6,33)34)24-12-11-21(27)13-19(24)4/h8-14,18,23H,7,15-17H2,1-6H3,(H,28,32). The Labute approximate surface area is 219 Å². The van der Waals surface area contributed by atoms with Crippen molar-refractivity contribution in [2.45, 2.75) is 46.7 Å². The zero-order valence-corrected chi connectivity index (χ0v) is 23.3. The van der Waals surface area contributed by atoms with Crippen LogP contribution in [0.4, 0.5) is 5.69 Å². The third kappa shape index (κ3) is 8.13. The molecule has 0 aliphatic rings. The van der Waals surface area contributed by atoms with E-state index in [1.807, 2.05) is 26.8 Å². The molecule has 36 heavy (non-hydrogen) atoms. The number of ether oxygens (including phenoxy) is 1. The molecule has 198 valence electrons. The van der Waals surface area contributed by atoms with Crippen LogP contribution in [0, 0.1) is 12.8 Å². The van der Waals surface area contributed by atoms with Gasteiger partial charge in [0, 0.05) is 18.1 Å². The molecule has 0 fully saturated rings. The van der Waals surface area contributed by atoms with Gasteiger partial charge in [-0.05, 0) is 60.7 Å². The van der Waals surface area contributed by atoms with Crippen molar-refractivity contribution in [3.05, 3.63) is 58.6 Å². The second kappa shape index (κ2) is 13.0. The number of anilines is 1. The highest BCUT2D eigenvalue weighted by Gasteiger charge is 2.32. The number of aryl methyl sites for hydroxylation is 1. The Bertz CT molecular complexity index is 1170. The minimum absolute atomic E-state index is 0.112. The van der Waals surface area contributed by atoms with Crippen molar-refractivity contribution in [2.24, 2.45) is 5.92 Å². The molecule has 0 saturated heterocycles. The lowest BCUT2D eigenvalue weighted by atomic mass is 10.1. The molecule has 0 bridgehead atoms. The lowest BCUT2D eigenvalue weighted by Crippen LogP contribution is -2.52. The highest BCUT2D eigenvalue weighted by molar-refractivity contribution is 7.92. The van der Waals surface area contributed by atoms with Gasteiger partial charge in [0.2, 0.25) is 21.8 Å². The number of halogens is 1. The predicted molar refractivity (Wildman–Crippen MR) is 144 cm³/mol. The summed E-state index contributed by atoms with van der Waals surface area (Å²) in [6, 6.07) is 11.2. The number of methoxy groups -OCH3 is 1. The van der Waals surface area contributed by atoms with Gasteiger partial charge in [-0.3, -0.25) is 13.9 Å². The smallest absolute Gasteiger partial charge is 0.244 e. The van der Waals surface area contributed by atoms with Gasteiger partial charge < -0.3 is 15.0 Å². The average molecular weight is 538 g/mol. The molecule has 2 rings (SSSR count). The van der Waals surface area contributed by atoms with Crippen LogP contribution in [0.2, 0.25) is 5.02 Å². The van der Waals surface area contributed by atoms with E-state index >= 15 is 0 Å². The Morgan fingerprint density at radius 1 is 1.14 bits per heavy atom. The first kappa shape index (κ1) is 29.5. The Balaban J connectivity index is 2.47. The van der Waals surface area contributed by atoms with Crippen LogP contribution in [0.1, 0.15) is 38.3 Å². The van der Waals surface area contributed by atoms with Crippen LogP contribution in [-0.2, 0) is 26.2 Å². The predicted octanol–water partition coefficient (Wildman–Crippen LogP) is 4.00. The molecule has 2 amide bonds. The third-order valence-electron chi connectivity index (χ3n) is 5.66. The Morgan fingerprint density at radius 2 is 1.83 bits per heavy atom. The fraction of sp³-hybridized carbons (Fsp3) is 0.462. The molecule has 0 heterocycles. The number of rotatable bonds is 12. The molecule has 0 radical (unpaired) electrons. The normalized spacial score (nSPS) is 12.2. The molecule has 1 atom stereocenters. The molecular weight excluding hydrogens is 502 g/mol. The highest BCUT2D eigenvalue weighted by atomic mass is 35.5. The quantitative estimate of drug-likeness (QED) is 0.441. The van der Waals surface area contributed by atoms with E-state index in [0.29, 0.717) is 35.0 Å².